The van der Waals surface area contributed by atoms with Gasteiger partial charge in [0.25, 0.3) is 0 Å². The third-order valence-corrected chi connectivity index (χ3v) is 2.23. The zero-order chi connectivity index (χ0) is 14.0. The summed E-state index contributed by atoms with van der Waals surface area (Å²) >= 11 is 0. The minimum Gasteiger partial charge on any atom is -0.478 e. The van der Waals surface area contributed by atoms with Crippen molar-refractivity contribution in [1.29, 1.82) is 0 Å². The Morgan fingerprint density at radius 3 is 2.79 bits per heavy atom. The third-order valence-electron chi connectivity index (χ3n) is 2.23. The maximum Gasteiger partial charge on any atom is 0.394 e. The van der Waals surface area contributed by atoms with Crippen LogP contribution >= 0.6 is 0 Å². The zero-order valence-electron chi connectivity index (χ0n) is 9.40. The second kappa shape index (κ2) is 4.79. The number of benzene rings is 1. The lowest BCUT2D eigenvalue weighted by atomic mass is 10.2. The van der Waals surface area contributed by atoms with E-state index in [1.807, 2.05) is 0 Å². The van der Waals surface area contributed by atoms with E-state index in [4.69, 9.17) is 14.3 Å². The highest BCUT2D eigenvalue weighted by atomic mass is 19.4. The van der Waals surface area contributed by atoms with Crippen molar-refractivity contribution in [3.05, 3.63) is 23.8 Å². The first-order valence-electron chi connectivity index (χ1n) is 5.18. The number of rotatable bonds is 4. The van der Waals surface area contributed by atoms with Gasteiger partial charge in [-0.2, -0.15) is 18.2 Å². The summed E-state index contributed by atoms with van der Waals surface area (Å²) < 4.78 is 45.5. The van der Waals surface area contributed by atoms with Gasteiger partial charge in [-0.1, -0.05) is 0 Å². The molecular formula is C11H8F3NO4. The Bertz CT molecular complexity index is 605. The molecule has 0 aliphatic carbocycles. The fourth-order valence-electron chi connectivity index (χ4n) is 1.35. The average Bonchev–Trinajstić information content (AvgIpc) is 2.68. The van der Waals surface area contributed by atoms with Gasteiger partial charge in [0, 0.05) is 0 Å². The van der Waals surface area contributed by atoms with Crippen LogP contribution in [0.1, 0.15) is 16.8 Å². The van der Waals surface area contributed by atoms with Crippen molar-refractivity contribution >= 4 is 17.1 Å². The molecule has 0 fully saturated rings. The molecule has 1 heterocycles. The number of hydrogen-bond donors (Lipinski definition) is 1. The first-order chi connectivity index (χ1) is 8.85. The van der Waals surface area contributed by atoms with Crippen molar-refractivity contribution in [3.63, 3.8) is 0 Å². The van der Waals surface area contributed by atoms with Crippen LogP contribution in [-0.2, 0) is 0 Å². The zero-order valence-corrected chi connectivity index (χ0v) is 9.40. The molecule has 1 N–H and O–H groups in total. The molecule has 1 aromatic carbocycles. The van der Waals surface area contributed by atoms with Crippen molar-refractivity contribution < 1.29 is 32.2 Å². The van der Waals surface area contributed by atoms with Crippen LogP contribution in [0.25, 0.3) is 11.1 Å². The van der Waals surface area contributed by atoms with Crippen molar-refractivity contribution in [2.24, 2.45) is 0 Å². The van der Waals surface area contributed by atoms with E-state index in [9.17, 15) is 18.0 Å². The molecule has 0 amide bonds. The summed E-state index contributed by atoms with van der Waals surface area (Å²) in [6.07, 6.45) is -5.75. The number of ether oxygens (including phenoxy) is 1. The third kappa shape index (κ3) is 3.36. The van der Waals surface area contributed by atoms with Gasteiger partial charge in [-0.25, -0.2) is 4.79 Å². The van der Waals surface area contributed by atoms with Crippen LogP contribution in [-0.4, -0.2) is 28.8 Å². The Balaban J connectivity index is 2.11. The molecule has 5 nitrogen and oxygen atoms in total. The van der Waals surface area contributed by atoms with Crippen LogP contribution in [0, 0.1) is 0 Å². The summed E-state index contributed by atoms with van der Waals surface area (Å²) in [4.78, 5) is 14.5. The van der Waals surface area contributed by atoms with E-state index in [0.29, 0.717) is 5.52 Å². The van der Waals surface area contributed by atoms with Crippen LogP contribution in [0.15, 0.2) is 22.6 Å². The van der Waals surface area contributed by atoms with Crippen molar-refractivity contribution in [2.75, 3.05) is 6.61 Å². The van der Waals surface area contributed by atoms with Gasteiger partial charge in [0.15, 0.2) is 5.58 Å². The SMILES string of the molecule is O=C(O)c1ccc2nc(OCCC(F)(F)F)oc2c1. The van der Waals surface area contributed by atoms with Crippen molar-refractivity contribution in [2.45, 2.75) is 12.6 Å². The molecular weight excluding hydrogens is 267 g/mol. The fourth-order valence-corrected chi connectivity index (χ4v) is 1.35. The first-order valence-corrected chi connectivity index (χ1v) is 5.18. The summed E-state index contributed by atoms with van der Waals surface area (Å²) in [5.74, 6) is -1.14. The molecule has 1 aromatic heterocycles. The van der Waals surface area contributed by atoms with Crippen LogP contribution in [0.2, 0.25) is 0 Å². The van der Waals surface area contributed by atoms with Gasteiger partial charge in [0.2, 0.25) is 0 Å². The smallest absolute Gasteiger partial charge is 0.394 e. The second-order valence-corrected chi connectivity index (χ2v) is 3.68. The first kappa shape index (κ1) is 13.2. The Kier molecular flexibility index (Phi) is 3.32. The molecule has 0 bridgehead atoms. The van der Waals surface area contributed by atoms with Gasteiger partial charge in [0.1, 0.15) is 12.1 Å². The quantitative estimate of drug-likeness (QED) is 0.928. The van der Waals surface area contributed by atoms with Crippen LogP contribution in [0.5, 0.6) is 6.08 Å². The summed E-state index contributed by atoms with van der Waals surface area (Å²) in [5.41, 5.74) is 0.444. The fraction of sp³-hybridized carbons (Fsp3) is 0.273. The largest absolute Gasteiger partial charge is 0.478 e. The molecule has 19 heavy (non-hydrogen) atoms. The number of fused-ring (bicyclic) bond motifs is 1. The summed E-state index contributed by atoms with van der Waals surface area (Å²) in [6.45, 7) is -0.609. The molecule has 8 heteroatoms. The molecule has 0 radical (unpaired) electrons. The molecule has 0 atom stereocenters. The van der Waals surface area contributed by atoms with E-state index >= 15 is 0 Å². The lowest BCUT2D eigenvalue weighted by molar-refractivity contribution is -0.140. The number of nitrogens with zero attached hydrogens (tertiary/aromatic N) is 1. The Labute approximate surface area is 104 Å². The molecule has 2 rings (SSSR count). The number of oxazole rings is 1. The predicted molar refractivity (Wildman–Crippen MR) is 57.1 cm³/mol. The number of aromatic carboxylic acids is 1. The molecule has 0 aliphatic rings. The van der Waals surface area contributed by atoms with E-state index in [2.05, 4.69) is 4.98 Å². The van der Waals surface area contributed by atoms with Gasteiger partial charge in [-0.3, -0.25) is 0 Å². The number of carboxylic acid groups (broad SMARTS) is 1. The van der Waals surface area contributed by atoms with E-state index < -0.39 is 25.2 Å². The van der Waals surface area contributed by atoms with Gasteiger partial charge in [-0.05, 0) is 18.2 Å². The normalized spacial score (nSPS) is 11.7. The average molecular weight is 275 g/mol. The highest BCUT2D eigenvalue weighted by Crippen LogP contribution is 2.23. The van der Waals surface area contributed by atoms with Crippen LogP contribution < -0.4 is 4.74 Å². The van der Waals surface area contributed by atoms with Gasteiger partial charge in [-0.15, -0.1) is 0 Å². The summed E-state index contributed by atoms with van der Waals surface area (Å²) in [6, 6.07) is 3.92. The van der Waals surface area contributed by atoms with Gasteiger partial charge < -0.3 is 14.3 Å². The molecule has 102 valence electrons. The number of hydrogen-bond acceptors (Lipinski definition) is 4. The number of carbonyl (C=O) groups is 1. The lowest BCUT2D eigenvalue weighted by Gasteiger charge is -2.04. The van der Waals surface area contributed by atoms with Crippen molar-refractivity contribution in [3.8, 4) is 6.08 Å². The Hall–Kier alpha value is -2.25. The number of aromatic nitrogens is 1. The van der Waals surface area contributed by atoms with Crippen LogP contribution in [0.4, 0.5) is 13.2 Å². The number of carboxylic acids is 1. The number of halogens is 3. The van der Waals surface area contributed by atoms with E-state index in [-0.39, 0.29) is 17.2 Å². The topological polar surface area (TPSA) is 72.6 Å². The van der Waals surface area contributed by atoms with E-state index in [1.165, 1.54) is 18.2 Å². The molecule has 0 unspecified atom stereocenters. The molecule has 0 saturated heterocycles. The molecule has 2 aromatic rings. The standard InChI is InChI=1S/C11H8F3NO4/c12-11(13,14)3-4-18-10-15-7-2-1-6(9(16)17)5-8(7)19-10/h1-2,5H,3-4H2,(H,16,17). The summed E-state index contributed by atoms with van der Waals surface area (Å²) in [5, 5.41) is 8.76. The Morgan fingerprint density at radius 2 is 2.16 bits per heavy atom. The monoisotopic (exact) mass is 275 g/mol. The van der Waals surface area contributed by atoms with Gasteiger partial charge >= 0.3 is 18.2 Å². The molecule has 0 saturated carbocycles. The molecule has 0 aliphatic heterocycles. The maximum atomic E-state index is 11.9. The second-order valence-electron chi connectivity index (χ2n) is 3.68. The Morgan fingerprint density at radius 1 is 1.42 bits per heavy atom. The lowest BCUT2D eigenvalue weighted by Crippen LogP contribution is -2.13. The minimum atomic E-state index is -4.32. The maximum absolute atomic E-state index is 11.9. The van der Waals surface area contributed by atoms with E-state index in [1.54, 1.807) is 0 Å². The van der Waals surface area contributed by atoms with Crippen molar-refractivity contribution in [1.82, 2.24) is 4.98 Å². The molecule has 0 spiro atoms. The predicted octanol–water partition coefficient (Wildman–Crippen LogP) is 2.86. The number of alkyl halides is 3. The summed E-state index contributed by atoms with van der Waals surface area (Å²) in [7, 11) is 0. The minimum absolute atomic E-state index is 0.00880. The van der Waals surface area contributed by atoms with E-state index in [0.717, 1.165) is 0 Å². The van der Waals surface area contributed by atoms with Crippen LogP contribution in [0.3, 0.4) is 0 Å². The van der Waals surface area contributed by atoms with Gasteiger partial charge in [0.05, 0.1) is 12.0 Å². The highest BCUT2D eigenvalue weighted by Gasteiger charge is 2.27. The highest BCUT2D eigenvalue weighted by molar-refractivity contribution is 5.91.